The average molecular weight is 263 g/mol. The van der Waals surface area contributed by atoms with Gasteiger partial charge in [0.2, 0.25) is 0 Å². The zero-order valence-electron chi connectivity index (χ0n) is 12.2. The first-order chi connectivity index (χ1) is 9.00. The second kappa shape index (κ2) is 15.5. The van der Waals surface area contributed by atoms with Gasteiger partial charge in [-0.1, -0.05) is 72.9 Å². The fourth-order valence-electron chi connectivity index (χ4n) is 1.63. The molecule has 0 unspecified atom stereocenters. The number of rotatable bonds is 0. The molecule has 0 aromatic rings. The Morgan fingerprint density at radius 2 is 0.474 bits per heavy atom. The molecular formula is C18H24Na. The Morgan fingerprint density at radius 1 is 0.316 bits per heavy atom. The van der Waals surface area contributed by atoms with Crippen molar-refractivity contribution in [2.75, 3.05) is 0 Å². The quantitative estimate of drug-likeness (QED) is 0.520. The van der Waals surface area contributed by atoms with Gasteiger partial charge in [0.1, 0.15) is 0 Å². The summed E-state index contributed by atoms with van der Waals surface area (Å²) in [6.07, 6.45) is 33.0. The summed E-state index contributed by atoms with van der Waals surface area (Å²) in [6.45, 7) is 0. The molecule has 0 aromatic carbocycles. The van der Waals surface area contributed by atoms with E-state index in [0.717, 1.165) is 0 Å². The third-order valence-corrected chi connectivity index (χ3v) is 2.65. The molecule has 97 valence electrons. The summed E-state index contributed by atoms with van der Waals surface area (Å²) in [6, 6.07) is 0. The normalized spacial score (nSPS) is 17.7. The van der Waals surface area contributed by atoms with Crippen LogP contribution in [0.1, 0.15) is 38.5 Å². The van der Waals surface area contributed by atoms with Crippen LogP contribution in [0.5, 0.6) is 0 Å². The molecule has 0 bridgehead atoms. The Hall–Kier alpha value is -0.560. The minimum Gasteiger partial charge on any atom is -0.0842 e. The Labute approximate surface area is 140 Å². The summed E-state index contributed by atoms with van der Waals surface area (Å²) in [4.78, 5) is 0. The number of allylic oxidation sites excluding steroid dienone is 12. The van der Waals surface area contributed by atoms with E-state index in [1.807, 2.05) is 0 Å². The van der Waals surface area contributed by atoms with E-state index in [9.17, 15) is 0 Å². The fraction of sp³-hybridized carbons (Fsp3) is 0.333. The van der Waals surface area contributed by atoms with Crippen LogP contribution in [0, 0.1) is 0 Å². The van der Waals surface area contributed by atoms with E-state index in [0.29, 0.717) is 0 Å². The van der Waals surface area contributed by atoms with Crippen molar-refractivity contribution in [3.05, 3.63) is 72.9 Å². The van der Waals surface area contributed by atoms with Gasteiger partial charge in [-0.3, -0.25) is 0 Å². The molecule has 0 saturated carbocycles. The molecule has 0 aliphatic heterocycles. The third-order valence-electron chi connectivity index (χ3n) is 2.65. The van der Waals surface area contributed by atoms with Crippen molar-refractivity contribution < 1.29 is 0 Å². The molecule has 3 aliphatic carbocycles. The second-order valence-corrected chi connectivity index (χ2v) is 4.30. The fourth-order valence-corrected chi connectivity index (χ4v) is 1.63. The first kappa shape index (κ1) is 18.4. The van der Waals surface area contributed by atoms with Crippen LogP contribution in [0.2, 0.25) is 0 Å². The van der Waals surface area contributed by atoms with Gasteiger partial charge >= 0.3 is 0 Å². The molecule has 0 nitrogen and oxygen atoms in total. The van der Waals surface area contributed by atoms with Gasteiger partial charge in [-0.25, -0.2) is 0 Å². The summed E-state index contributed by atoms with van der Waals surface area (Å²) in [7, 11) is 0. The largest absolute Gasteiger partial charge is 0.0842 e. The Morgan fingerprint density at radius 3 is 0.526 bits per heavy atom. The molecule has 0 heterocycles. The first-order valence-electron chi connectivity index (χ1n) is 6.95. The summed E-state index contributed by atoms with van der Waals surface area (Å²) in [5.74, 6) is 0. The molecule has 0 atom stereocenters. The molecule has 1 heteroatoms. The van der Waals surface area contributed by atoms with Gasteiger partial charge in [0, 0.05) is 29.6 Å². The predicted octanol–water partition coefficient (Wildman–Crippen LogP) is 5.30. The van der Waals surface area contributed by atoms with Crippen LogP contribution in [0.25, 0.3) is 0 Å². The molecule has 0 spiro atoms. The van der Waals surface area contributed by atoms with Crippen molar-refractivity contribution >= 4 is 29.6 Å². The van der Waals surface area contributed by atoms with Gasteiger partial charge < -0.3 is 0 Å². The van der Waals surface area contributed by atoms with E-state index in [-0.39, 0.29) is 29.6 Å². The maximum atomic E-state index is 2.18. The molecule has 0 saturated heterocycles. The van der Waals surface area contributed by atoms with Crippen LogP contribution in [0.3, 0.4) is 0 Å². The summed E-state index contributed by atoms with van der Waals surface area (Å²) >= 11 is 0. The van der Waals surface area contributed by atoms with Crippen LogP contribution in [0.4, 0.5) is 0 Å². The Kier molecular flexibility index (Phi) is 15.0. The molecule has 0 fully saturated rings. The Bertz CT molecular complexity index is 261. The van der Waals surface area contributed by atoms with Gasteiger partial charge in [0.05, 0.1) is 0 Å². The van der Waals surface area contributed by atoms with E-state index in [4.69, 9.17) is 0 Å². The number of hydrogen-bond donors (Lipinski definition) is 0. The van der Waals surface area contributed by atoms with Crippen molar-refractivity contribution in [1.82, 2.24) is 0 Å². The monoisotopic (exact) mass is 263 g/mol. The Balaban J connectivity index is 0.000000249. The van der Waals surface area contributed by atoms with Gasteiger partial charge in [-0.2, -0.15) is 0 Å². The van der Waals surface area contributed by atoms with E-state index >= 15 is 0 Å². The molecule has 19 heavy (non-hydrogen) atoms. The number of hydrogen-bond acceptors (Lipinski definition) is 0. The molecule has 3 rings (SSSR count). The van der Waals surface area contributed by atoms with E-state index in [1.165, 1.54) is 38.5 Å². The molecular weight excluding hydrogens is 239 g/mol. The summed E-state index contributed by atoms with van der Waals surface area (Å²) in [5.41, 5.74) is 0. The van der Waals surface area contributed by atoms with Crippen LogP contribution >= 0.6 is 0 Å². The minimum absolute atomic E-state index is 0. The van der Waals surface area contributed by atoms with Gasteiger partial charge in [-0.15, -0.1) is 0 Å². The van der Waals surface area contributed by atoms with Crippen molar-refractivity contribution in [2.45, 2.75) is 38.5 Å². The van der Waals surface area contributed by atoms with Crippen molar-refractivity contribution in [1.29, 1.82) is 0 Å². The smallest absolute Gasteiger partial charge is 0 e. The van der Waals surface area contributed by atoms with Crippen LogP contribution in [-0.4, -0.2) is 29.6 Å². The van der Waals surface area contributed by atoms with Gasteiger partial charge in [0.15, 0.2) is 0 Å². The van der Waals surface area contributed by atoms with E-state index in [1.54, 1.807) is 0 Å². The van der Waals surface area contributed by atoms with Crippen LogP contribution in [0.15, 0.2) is 72.9 Å². The van der Waals surface area contributed by atoms with Crippen molar-refractivity contribution in [3.63, 3.8) is 0 Å². The third kappa shape index (κ3) is 13.7. The van der Waals surface area contributed by atoms with Crippen LogP contribution in [-0.2, 0) is 0 Å². The minimum atomic E-state index is 0. The van der Waals surface area contributed by atoms with E-state index < -0.39 is 0 Å². The molecule has 1 radical (unpaired) electrons. The zero-order valence-corrected chi connectivity index (χ0v) is 14.2. The van der Waals surface area contributed by atoms with Gasteiger partial charge in [-0.05, 0) is 38.5 Å². The maximum Gasteiger partial charge on any atom is 0 e. The topological polar surface area (TPSA) is 0 Å². The molecule has 0 amide bonds. The predicted molar refractivity (Wildman–Crippen MR) is 88.3 cm³/mol. The average Bonchev–Trinajstić information content (AvgIpc) is 2.54. The SMILES string of the molecule is C1=CCCC=C1.C1=CCCC=C1.C1=CCCC=C1.[Na]. The summed E-state index contributed by atoms with van der Waals surface area (Å²) in [5, 5.41) is 0. The maximum absolute atomic E-state index is 2.18. The molecule has 0 aromatic heterocycles. The second-order valence-electron chi connectivity index (χ2n) is 4.30. The first-order valence-corrected chi connectivity index (χ1v) is 6.95. The molecule has 0 N–H and O–H groups in total. The van der Waals surface area contributed by atoms with Crippen molar-refractivity contribution in [2.24, 2.45) is 0 Å². The van der Waals surface area contributed by atoms with Crippen LogP contribution < -0.4 is 0 Å². The standard InChI is InChI=1S/3C6H8.Na/c3*1-2-4-6-5-3-1;/h3*1-4H,5-6H2;. The van der Waals surface area contributed by atoms with Gasteiger partial charge in [0.25, 0.3) is 0 Å². The zero-order chi connectivity index (χ0) is 12.7. The summed E-state index contributed by atoms with van der Waals surface area (Å²) < 4.78 is 0. The van der Waals surface area contributed by atoms with Crippen molar-refractivity contribution in [3.8, 4) is 0 Å². The molecule has 3 aliphatic rings. The van der Waals surface area contributed by atoms with E-state index in [2.05, 4.69) is 72.9 Å².